The van der Waals surface area contributed by atoms with Gasteiger partial charge in [0.25, 0.3) is 0 Å². The Kier molecular flexibility index (Phi) is 8.59. The molecule has 2 saturated heterocycles. The smallest absolute Gasteiger partial charge is 0.417 e. The van der Waals surface area contributed by atoms with E-state index in [-0.39, 0.29) is 17.3 Å². The highest BCUT2D eigenvalue weighted by Gasteiger charge is 2.46. The van der Waals surface area contributed by atoms with E-state index in [1.807, 2.05) is 25.7 Å². The number of benzene rings is 2. The Balaban J connectivity index is 1.12. The quantitative estimate of drug-likeness (QED) is 0.219. The molecule has 0 spiro atoms. The lowest BCUT2D eigenvalue weighted by Gasteiger charge is -2.44. The van der Waals surface area contributed by atoms with Gasteiger partial charge in [0.15, 0.2) is 0 Å². The molecule has 49 heavy (non-hydrogen) atoms. The molecular formula is C36H38F4N6O3. The molecular weight excluding hydrogens is 640 g/mol. The van der Waals surface area contributed by atoms with Gasteiger partial charge in [0, 0.05) is 63.0 Å². The predicted octanol–water partition coefficient (Wildman–Crippen LogP) is 6.72. The Hall–Kier alpha value is -4.70. The van der Waals surface area contributed by atoms with Crippen LogP contribution in [0.15, 0.2) is 48.5 Å². The Labute approximate surface area is 282 Å². The summed E-state index contributed by atoms with van der Waals surface area (Å²) >= 11 is 0. The summed E-state index contributed by atoms with van der Waals surface area (Å²) in [5, 5.41) is 9.19. The van der Waals surface area contributed by atoms with E-state index < -0.39 is 40.2 Å². The van der Waals surface area contributed by atoms with Crippen LogP contribution < -0.4 is 9.80 Å². The highest BCUT2D eigenvalue weighted by molar-refractivity contribution is 6.13. The number of pyridine rings is 1. The van der Waals surface area contributed by atoms with Gasteiger partial charge in [-0.1, -0.05) is 6.07 Å². The third-order valence-electron chi connectivity index (χ3n) is 9.30. The number of carbonyl (C=O) groups is 2. The summed E-state index contributed by atoms with van der Waals surface area (Å²) in [5.41, 5.74) is -1.66. The van der Waals surface area contributed by atoms with E-state index in [9.17, 15) is 28.0 Å². The maximum Gasteiger partial charge on any atom is 0.417 e. The zero-order chi connectivity index (χ0) is 35.5. The number of rotatable bonds is 5. The minimum Gasteiger partial charge on any atom is -0.444 e. The summed E-state index contributed by atoms with van der Waals surface area (Å²) in [5.74, 6) is -0.194. The average molecular weight is 679 g/mol. The van der Waals surface area contributed by atoms with Gasteiger partial charge in [-0.3, -0.25) is 14.6 Å². The molecule has 4 heterocycles. The van der Waals surface area contributed by atoms with Gasteiger partial charge in [-0.05, 0) is 88.2 Å². The largest absolute Gasteiger partial charge is 0.444 e. The number of aromatic nitrogens is 1. The van der Waals surface area contributed by atoms with E-state index >= 15 is 4.39 Å². The van der Waals surface area contributed by atoms with Gasteiger partial charge in [-0.25, -0.2) is 9.78 Å². The number of carbonyl (C=O) groups excluding carboxylic acids is 2. The van der Waals surface area contributed by atoms with Crippen LogP contribution in [-0.4, -0.2) is 78.2 Å². The number of nitrogens with zero attached hydrogens (tertiary/aromatic N) is 6. The van der Waals surface area contributed by atoms with Crippen LogP contribution in [0, 0.1) is 23.2 Å². The summed E-state index contributed by atoms with van der Waals surface area (Å²) in [6, 6.07) is 13.1. The fraction of sp³-hybridized carbons (Fsp3) is 0.444. The molecule has 3 aliphatic rings. The third kappa shape index (κ3) is 6.66. The first kappa shape index (κ1) is 34.2. The fourth-order valence-electron chi connectivity index (χ4n) is 6.66. The minimum atomic E-state index is -4.78. The van der Waals surface area contributed by atoms with Gasteiger partial charge < -0.3 is 14.5 Å². The number of amides is 2. The van der Waals surface area contributed by atoms with Crippen molar-refractivity contribution >= 4 is 29.2 Å². The van der Waals surface area contributed by atoms with Gasteiger partial charge in [0.1, 0.15) is 11.4 Å². The van der Waals surface area contributed by atoms with E-state index in [2.05, 4.69) is 9.88 Å². The van der Waals surface area contributed by atoms with E-state index in [1.165, 1.54) is 11.0 Å². The lowest BCUT2D eigenvalue weighted by atomic mass is 9.85. The standard InChI is InChI=1S/C36H38F4N6O3/c1-34(2,3)49-33(48)44-14-12-43(13-15-44)19-22-20-45(21-22)30-11-9-26(31(37)42-30)23-7-10-29-28(16-23)35(4,5)32(47)46(29)25-8-6-24(18-41)27(17-25)36(38,39)40/h6-11,16-17,22H,12-15,19-21H2,1-5H3. The van der Waals surface area contributed by atoms with Crippen molar-refractivity contribution in [2.24, 2.45) is 5.92 Å². The van der Waals surface area contributed by atoms with Crippen LogP contribution in [0.2, 0.25) is 0 Å². The van der Waals surface area contributed by atoms with Crippen LogP contribution >= 0.6 is 0 Å². The molecule has 258 valence electrons. The highest BCUT2D eigenvalue weighted by Crippen LogP contribution is 2.48. The zero-order valence-corrected chi connectivity index (χ0v) is 28.1. The summed E-state index contributed by atoms with van der Waals surface area (Å²) in [6.07, 6.45) is -5.07. The molecule has 2 fully saturated rings. The molecule has 0 aliphatic carbocycles. The number of ether oxygens (including phenoxy) is 1. The first-order chi connectivity index (χ1) is 23.0. The Bertz CT molecular complexity index is 1830. The number of piperazine rings is 1. The number of anilines is 3. The summed E-state index contributed by atoms with van der Waals surface area (Å²) in [4.78, 5) is 37.5. The molecule has 1 aromatic heterocycles. The number of hydrogen-bond donors (Lipinski definition) is 0. The number of nitriles is 1. The molecule has 6 rings (SSSR count). The van der Waals surface area contributed by atoms with Crippen LogP contribution in [0.1, 0.15) is 51.3 Å². The second-order valence-electron chi connectivity index (χ2n) is 14.4. The Morgan fingerprint density at radius 3 is 2.33 bits per heavy atom. The molecule has 3 aliphatic heterocycles. The number of halogens is 4. The van der Waals surface area contributed by atoms with E-state index in [1.54, 1.807) is 55.1 Å². The van der Waals surface area contributed by atoms with Crippen LogP contribution in [0.25, 0.3) is 11.1 Å². The number of alkyl halides is 3. The van der Waals surface area contributed by atoms with Crippen molar-refractivity contribution in [3.63, 3.8) is 0 Å². The molecule has 0 N–H and O–H groups in total. The second-order valence-corrected chi connectivity index (χ2v) is 14.4. The minimum absolute atomic E-state index is 0.0102. The maximum absolute atomic E-state index is 15.5. The van der Waals surface area contributed by atoms with Gasteiger partial charge in [-0.2, -0.15) is 22.8 Å². The van der Waals surface area contributed by atoms with E-state index in [0.29, 0.717) is 41.6 Å². The van der Waals surface area contributed by atoms with Gasteiger partial charge >= 0.3 is 12.3 Å². The molecule has 3 aromatic rings. The Morgan fingerprint density at radius 1 is 1.02 bits per heavy atom. The van der Waals surface area contributed by atoms with Crippen LogP contribution in [0.3, 0.4) is 0 Å². The predicted molar refractivity (Wildman–Crippen MR) is 176 cm³/mol. The second kappa shape index (κ2) is 12.3. The van der Waals surface area contributed by atoms with Crippen LogP contribution in [-0.2, 0) is 21.1 Å². The van der Waals surface area contributed by atoms with Crippen molar-refractivity contribution in [2.75, 3.05) is 55.6 Å². The van der Waals surface area contributed by atoms with Crippen molar-refractivity contribution in [3.05, 3.63) is 71.2 Å². The van der Waals surface area contributed by atoms with E-state index in [0.717, 1.165) is 44.9 Å². The molecule has 0 unspecified atom stereocenters. The topological polar surface area (TPSA) is 93.0 Å². The molecule has 0 radical (unpaired) electrons. The van der Waals surface area contributed by atoms with Gasteiger partial charge in [0.05, 0.1) is 28.3 Å². The van der Waals surface area contributed by atoms with Crippen molar-refractivity contribution in [2.45, 2.75) is 51.8 Å². The number of fused-ring (bicyclic) bond motifs is 1. The van der Waals surface area contributed by atoms with Gasteiger partial charge in [0.2, 0.25) is 11.9 Å². The third-order valence-corrected chi connectivity index (χ3v) is 9.30. The first-order valence-electron chi connectivity index (χ1n) is 16.2. The van der Waals surface area contributed by atoms with Crippen LogP contribution in [0.4, 0.5) is 39.5 Å². The Morgan fingerprint density at radius 2 is 1.71 bits per heavy atom. The highest BCUT2D eigenvalue weighted by atomic mass is 19.4. The SMILES string of the molecule is CC(C)(C)OC(=O)N1CCN(CC2CN(c3ccc(-c4ccc5c(c4)C(C)(C)C(=O)N5c4ccc(C#N)c(C(F)(F)F)c4)c(F)n3)C2)CC1. The molecule has 13 heteroatoms. The van der Waals surface area contributed by atoms with Crippen molar-refractivity contribution in [1.29, 1.82) is 5.26 Å². The summed E-state index contributed by atoms with van der Waals surface area (Å²) in [7, 11) is 0. The summed E-state index contributed by atoms with van der Waals surface area (Å²) in [6.45, 7) is 14.0. The molecule has 0 atom stereocenters. The zero-order valence-electron chi connectivity index (χ0n) is 28.1. The molecule has 2 amide bonds. The van der Waals surface area contributed by atoms with Crippen molar-refractivity contribution < 1.29 is 31.9 Å². The number of hydrogen-bond acceptors (Lipinski definition) is 7. The monoisotopic (exact) mass is 678 g/mol. The van der Waals surface area contributed by atoms with Gasteiger partial charge in [-0.15, -0.1) is 0 Å². The summed E-state index contributed by atoms with van der Waals surface area (Å²) < 4.78 is 62.1. The molecule has 0 saturated carbocycles. The average Bonchev–Trinajstić information content (AvgIpc) is 3.21. The fourth-order valence-corrected chi connectivity index (χ4v) is 6.66. The van der Waals surface area contributed by atoms with Crippen molar-refractivity contribution in [3.8, 4) is 17.2 Å². The first-order valence-corrected chi connectivity index (χ1v) is 16.2. The maximum atomic E-state index is 15.5. The van der Waals surface area contributed by atoms with E-state index in [4.69, 9.17) is 4.74 Å². The lowest BCUT2D eigenvalue weighted by molar-refractivity contribution is -0.137. The normalized spacial score (nSPS) is 18.3. The lowest BCUT2D eigenvalue weighted by Crippen LogP contribution is -2.56. The molecule has 2 aromatic carbocycles. The van der Waals surface area contributed by atoms with Crippen molar-refractivity contribution in [1.82, 2.24) is 14.8 Å². The molecule has 0 bridgehead atoms. The molecule has 9 nitrogen and oxygen atoms in total. The van der Waals surface area contributed by atoms with Crippen LogP contribution in [0.5, 0.6) is 0 Å².